The van der Waals surface area contributed by atoms with E-state index in [2.05, 4.69) is 4.98 Å². The van der Waals surface area contributed by atoms with Gasteiger partial charge in [-0.2, -0.15) is 0 Å². The molecule has 1 aromatic heterocycles. The minimum atomic E-state index is -0.0403. The van der Waals surface area contributed by atoms with Crippen LogP contribution in [0.3, 0.4) is 0 Å². The van der Waals surface area contributed by atoms with Crippen molar-refractivity contribution in [2.45, 2.75) is 6.54 Å². The summed E-state index contributed by atoms with van der Waals surface area (Å²) in [5.74, 6) is 0.170. The van der Waals surface area contributed by atoms with Gasteiger partial charge in [0, 0.05) is 36.3 Å². The number of aromatic hydroxyl groups is 1. The zero-order valence-corrected chi connectivity index (χ0v) is 11.7. The van der Waals surface area contributed by atoms with Crippen molar-refractivity contribution in [1.82, 2.24) is 9.88 Å². The van der Waals surface area contributed by atoms with Crippen LogP contribution in [0.1, 0.15) is 15.9 Å². The number of nitrogens with one attached hydrogen (secondary N) is 1. The molecule has 0 unspecified atom stereocenters. The fraction of sp³-hybridized carbons (Fsp3) is 0.118. The molecule has 2 N–H and O–H groups in total. The zero-order valence-electron chi connectivity index (χ0n) is 11.7. The maximum Gasteiger partial charge on any atom is 0.253 e. The Labute approximate surface area is 122 Å². The van der Waals surface area contributed by atoms with E-state index in [0.29, 0.717) is 12.1 Å². The number of carbonyl (C=O) groups excluding carboxylic acids is 1. The quantitative estimate of drug-likeness (QED) is 0.774. The number of rotatable bonds is 3. The molecule has 0 aliphatic rings. The first-order valence-electron chi connectivity index (χ1n) is 6.74. The average Bonchev–Trinajstić information content (AvgIpc) is 2.93. The molecule has 106 valence electrons. The van der Waals surface area contributed by atoms with Crippen molar-refractivity contribution in [1.29, 1.82) is 0 Å². The molecule has 0 aliphatic heterocycles. The van der Waals surface area contributed by atoms with Crippen molar-refractivity contribution in [2.75, 3.05) is 7.05 Å². The Hall–Kier alpha value is -2.75. The van der Waals surface area contributed by atoms with Gasteiger partial charge in [-0.15, -0.1) is 0 Å². The van der Waals surface area contributed by atoms with Gasteiger partial charge in [-0.05, 0) is 42.0 Å². The lowest BCUT2D eigenvalue weighted by Gasteiger charge is -2.17. The van der Waals surface area contributed by atoms with Crippen molar-refractivity contribution in [3.05, 3.63) is 65.9 Å². The number of benzene rings is 2. The minimum Gasteiger partial charge on any atom is -0.508 e. The highest BCUT2D eigenvalue weighted by molar-refractivity contribution is 5.97. The third-order valence-corrected chi connectivity index (χ3v) is 3.48. The number of amides is 1. The van der Waals surface area contributed by atoms with E-state index < -0.39 is 0 Å². The first-order chi connectivity index (χ1) is 10.1. The minimum absolute atomic E-state index is 0.0403. The second-order valence-corrected chi connectivity index (χ2v) is 5.11. The van der Waals surface area contributed by atoms with Crippen LogP contribution in [0.5, 0.6) is 5.75 Å². The number of aromatic nitrogens is 1. The van der Waals surface area contributed by atoms with Gasteiger partial charge >= 0.3 is 0 Å². The van der Waals surface area contributed by atoms with Gasteiger partial charge < -0.3 is 15.0 Å². The highest BCUT2D eigenvalue weighted by atomic mass is 16.3. The number of hydrogen-bond acceptors (Lipinski definition) is 2. The highest BCUT2D eigenvalue weighted by Crippen LogP contribution is 2.17. The van der Waals surface area contributed by atoms with Gasteiger partial charge in [-0.3, -0.25) is 4.79 Å². The van der Waals surface area contributed by atoms with Gasteiger partial charge in [0.2, 0.25) is 0 Å². The molecule has 3 aromatic rings. The molecule has 0 radical (unpaired) electrons. The molecule has 0 fully saturated rings. The second kappa shape index (κ2) is 5.32. The van der Waals surface area contributed by atoms with Crippen LogP contribution >= 0.6 is 0 Å². The molecule has 4 heteroatoms. The molecule has 0 atom stereocenters. The zero-order chi connectivity index (χ0) is 14.8. The monoisotopic (exact) mass is 280 g/mol. The molecule has 0 aliphatic carbocycles. The van der Waals surface area contributed by atoms with Crippen LogP contribution < -0.4 is 0 Å². The van der Waals surface area contributed by atoms with Crippen LogP contribution in [0.15, 0.2) is 54.7 Å². The van der Waals surface area contributed by atoms with E-state index in [1.807, 2.05) is 36.5 Å². The van der Waals surface area contributed by atoms with Crippen LogP contribution in [-0.4, -0.2) is 27.9 Å². The van der Waals surface area contributed by atoms with Crippen LogP contribution in [0.25, 0.3) is 10.9 Å². The van der Waals surface area contributed by atoms with E-state index in [-0.39, 0.29) is 11.7 Å². The number of H-pyrrole nitrogens is 1. The summed E-state index contributed by atoms with van der Waals surface area (Å²) in [6.45, 7) is 0.457. The van der Waals surface area contributed by atoms with Crippen molar-refractivity contribution in [2.24, 2.45) is 0 Å². The summed E-state index contributed by atoms with van der Waals surface area (Å²) >= 11 is 0. The van der Waals surface area contributed by atoms with Gasteiger partial charge in [0.25, 0.3) is 5.91 Å². The van der Waals surface area contributed by atoms with E-state index in [1.165, 1.54) is 0 Å². The second-order valence-electron chi connectivity index (χ2n) is 5.11. The predicted molar refractivity (Wildman–Crippen MR) is 82.2 cm³/mol. The molecule has 3 rings (SSSR count). The van der Waals surface area contributed by atoms with E-state index in [4.69, 9.17) is 0 Å². The van der Waals surface area contributed by atoms with E-state index in [1.54, 1.807) is 30.1 Å². The number of aromatic amines is 1. The van der Waals surface area contributed by atoms with Gasteiger partial charge in [0.05, 0.1) is 0 Å². The maximum absolute atomic E-state index is 12.5. The largest absolute Gasteiger partial charge is 0.508 e. The third-order valence-electron chi connectivity index (χ3n) is 3.48. The molecule has 1 amide bonds. The highest BCUT2D eigenvalue weighted by Gasteiger charge is 2.13. The Kier molecular flexibility index (Phi) is 3.36. The predicted octanol–water partition coefficient (Wildman–Crippen LogP) is 3.15. The Morgan fingerprint density at radius 3 is 2.86 bits per heavy atom. The smallest absolute Gasteiger partial charge is 0.253 e. The fourth-order valence-electron chi connectivity index (χ4n) is 2.41. The number of phenols is 1. The van der Waals surface area contributed by atoms with E-state index in [0.717, 1.165) is 16.5 Å². The first-order valence-corrected chi connectivity index (χ1v) is 6.74. The van der Waals surface area contributed by atoms with Gasteiger partial charge in [-0.1, -0.05) is 12.1 Å². The summed E-state index contributed by atoms with van der Waals surface area (Å²) in [6, 6.07) is 14.5. The average molecular weight is 280 g/mol. The lowest BCUT2D eigenvalue weighted by atomic mass is 10.1. The lowest BCUT2D eigenvalue weighted by Crippen LogP contribution is -2.26. The standard InChI is InChI=1S/C17H16N2O2/c1-19(11-12-3-2-4-15(20)9-12)17(21)14-5-6-16-13(10-14)7-8-18-16/h2-10,18,20H,11H2,1H3. The molecule has 21 heavy (non-hydrogen) atoms. The van der Waals surface area contributed by atoms with Gasteiger partial charge in [0.15, 0.2) is 0 Å². The van der Waals surface area contributed by atoms with Crippen LogP contribution in [-0.2, 0) is 6.54 Å². The number of fused-ring (bicyclic) bond motifs is 1. The summed E-state index contributed by atoms with van der Waals surface area (Å²) < 4.78 is 0. The number of hydrogen-bond donors (Lipinski definition) is 2. The molecule has 0 saturated carbocycles. The summed E-state index contributed by atoms with van der Waals surface area (Å²) in [4.78, 5) is 17.2. The lowest BCUT2D eigenvalue weighted by molar-refractivity contribution is 0.0785. The molecular weight excluding hydrogens is 264 g/mol. The Balaban J connectivity index is 1.80. The Morgan fingerprint density at radius 2 is 2.05 bits per heavy atom. The van der Waals surface area contributed by atoms with Gasteiger partial charge in [-0.25, -0.2) is 0 Å². The Bertz CT molecular complexity index is 792. The Morgan fingerprint density at radius 1 is 1.19 bits per heavy atom. The molecule has 0 saturated heterocycles. The first kappa shape index (κ1) is 13.2. The van der Waals surface area contributed by atoms with E-state index >= 15 is 0 Å². The van der Waals surface area contributed by atoms with Crippen LogP contribution in [0.4, 0.5) is 0 Å². The molecule has 4 nitrogen and oxygen atoms in total. The van der Waals surface area contributed by atoms with Gasteiger partial charge in [0.1, 0.15) is 5.75 Å². The summed E-state index contributed by atoms with van der Waals surface area (Å²) in [5, 5.41) is 10.5. The molecule has 0 spiro atoms. The molecule has 1 heterocycles. The summed E-state index contributed by atoms with van der Waals surface area (Å²) in [5.41, 5.74) is 2.57. The van der Waals surface area contributed by atoms with Crippen molar-refractivity contribution >= 4 is 16.8 Å². The van der Waals surface area contributed by atoms with Crippen LogP contribution in [0, 0.1) is 0 Å². The SMILES string of the molecule is CN(Cc1cccc(O)c1)C(=O)c1ccc2[nH]ccc2c1. The number of nitrogens with zero attached hydrogens (tertiary/aromatic N) is 1. The van der Waals surface area contributed by atoms with Crippen LogP contribution in [0.2, 0.25) is 0 Å². The van der Waals surface area contributed by atoms with Crippen molar-refractivity contribution < 1.29 is 9.90 Å². The molecular formula is C17H16N2O2. The molecule has 2 aromatic carbocycles. The number of phenolic OH excluding ortho intramolecular Hbond substituents is 1. The normalized spacial score (nSPS) is 10.7. The molecule has 0 bridgehead atoms. The topological polar surface area (TPSA) is 56.3 Å². The van der Waals surface area contributed by atoms with Crippen molar-refractivity contribution in [3.8, 4) is 5.75 Å². The summed E-state index contributed by atoms with van der Waals surface area (Å²) in [6.07, 6.45) is 1.86. The van der Waals surface area contributed by atoms with Crippen molar-refractivity contribution in [3.63, 3.8) is 0 Å². The van der Waals surface area contributed by atoms with E-state index in [9.17, 15) is 9.90 Å². The number of carbonyl (C=O) groups is 1. The maximum atomic E-state index is 12.5. The summed E-state index contributed by atoms with van der Waals surface area (Å²) in [7, 11) is 1.76. The fourth-order valence-corrected chi connectivity index (χ4v) is 2.41. The third kappa shape index (κ3) is 2.74.